The van der Waals surface area contributed by atoms with E-state index in [0.29, 0.717) is 18.1 Å². The van der Waals surface area contributed by atoms with Crippen molar-refractivity contribution in [3.63, 3.8) is 0 Å². The number of piperidine rings is 1. The summed E-state index contributed by atoms with van der Waals surface area (Å²) in [6.45, 7) is 11.4. The van der Waals surface area contributed by atoms with Crippen LogP contribution in [0.5, 0.6) is 0 Å². The lowest BCUT2D eigenvalue weighted by Gasteiger charge is -2.48. The van der Waals surface area contributed by atoms with Crippen molar-refractivity contribution >= 4 is 0 Å². The Morgan fingerprint density at radius 1 is 1.06 bits per heavy atom. The molecule has 2 fully saturated rings. The molecular weight excluding hydrogens is 386 g/mol. The summed E-state index contributed by atoms with van der Waals surface area (Å²) in [7, 11) is 2.01. The summed E-state index contributed by atoms with van der Waals surface area (Å²) in [4.78, 5) is 7.87. The Bertz CT molecular complexity index is 813. The van der Waals surface area contributed by atoms with Gasteiger partial charge in [0.05, 0.1) is 5.69 Å². The maximum atomic E-state index is 9.75. The van der Waals surface area contributed by atoms with E-state index in [1.165, 1.54) is 37.1 Å². The van der Waals surface area contributed by atoms with E-state index in [-0.39, 0.29) is 6.61 Å². The topological polar surface area (TPSA) is 47.8 Å². The predicted octanol–water partition coefficient (Wildman–Crippen LogP) is 2.83. The van der Waals surface area contributed by atoms with E-state index in [9.17, 15) is 5.11 Å². The highest BCUT2D eigenvalue weighted by Gasteiger charge is 2.34. The fourth-order valence-corrected chi connectivity index (χ4v) is 5.43. The summed E-state index contributed by atoms with van der Waals surface area (Å²) in [5.74, 6) is 0. The van der Waals surface area contributed by atoms with Gasteiger partial charge in [0.1, 0.15) is 0 Å². The number of benzene rings is 1. The van der Waals surface area contributed by atoms with Crippen LogP contribution in [0.1, 0.15) is 38.7 Å². The van der Waals surface area contributed by atoms with E-state index in [0.717, 1.165) is 38.3 Å². The normalized spacial score (nSPS) is 22.4. The molecule has 1 atom stereocenters. The molecule has 0 aliphatic carbocycles. The molecular formula is C25H39N5O. The Morgan fingerprint density at radius 3 is 2.48 bits per heavy atom. The van der Waals surface area contributed by atoms with Crippen LogP contribution < -0.4 is 0 Å². The zero-order valence-electron chi connectivity index (χ0n) is 19.5. The van der Waals surface area contributed by atoms with Gasteiger partial charge < -0.3 is 10.0 Å². The van der Waals surface area contributed by atoms with Gasteiger partial charge in [0.2, 0.25) is 0 Å². The Hall–Kier alpha value is -1.73. The van der Waals surface area contributed by atoms with E-state index < -0.39 is 0 Å². The molecule has 0 spiro atoms. The van der Waals surface area contributed by atoms with Gasteiger partial charge in [-0.05, 0) is 46.2 Å². The number of nitrogens with zero attached hydrogens (tertiary/aromatic N) is 5. The highest BCUT2D eigenvalue weighted by atomic mass is 16.3. The third-order valence-corrected chi connectivity index (χ3v) is 7.12. The first kappa shape index (κ1) is 22.5. The molecule has 2 aliphatic heterocycles. The van der Waals surface area contributed by atoms with Gasteiger partial charge >= 0.3 is 0 Å². The summed E-state index contributed by atoms with van der Waals surface area (Å²) in [6.07, 6.45) is 5.53. The number of aryl methyl sites for hydroxylation is 1. The molecule has 0 unspecified atom stereocenters. The molecule has 3 heterocycles. The van der Waals surface area contributed by atoms with Crippen molar-refractivity contribution in [2.45, 2.75) is 57.8 Å². The number of likely N-dealkylation sites (tertiary alicyclic amines) is 1. The van der Waals surface area contributed by atoms with Crippen molar-refractivity contribution in [3.05, 3.63) is 42.1 Å². The van der Waals surface area contributed by atoms with Crippen molar-refractivity contribution in [2.75, 3.05) is 39.3 Å². The summed E-state index contributed by atoms with van der Waals surface area (Å²) >= 11 is 0. The number of aromatic nitrogens is 2. The SMILES string of the molecule is CC(C)N1CCC(N2CCN(Cc3cn(C)nc3-c3ccccc3)C[C@H]2CCO)CC1. The van der Waals surface area contributed by atoms with Crippen LogP contribution in [0, 0.1) is 0 Å². The van der Waals surface area contributed by atoms with Crippen LogP contribution in [-0.2, 0) is 13.6 Å². The molecule has 0 amide bonds. The van der Waals surface area contributed by atoms with Crippen molar-refractivity contribution in [3.8, 4) is 11.3 Å². The van der Waals surface area contributed by atoms with E-state index in [1.807, 2.05) is 11.7 Å². The van der Waals surface area contributed by atoms with Crippen molar-refractivity contribution < 1.29 is 5.11 Å². The van der Waals surface area contributed by atoms with Crippen LogP contribution >= 0.6 is 0 Å². The van der Waals surface area contributed by atoms with Crippen LogP contribution in [0.2, 0.25) is 0 Å². The standard InChI is InChI=1S/C25H39N5O/c1-20(2)29-12-9-23(10-13-29)30-15-14-28(19-24(30)11-16-31)18-22-17-27(3)26-25(22)21-7-5-4-6-8-21/h4-8,17,20,23-24,31H,9-16,18-19H2,1-3H3/t24-/m1/s1. The summed E-state index contributed by atoms with van der Waals surface area (Å²) < 4.78 is 1.93. The second-order valence-electron chi connectivity index (χ2n) is 9.54. The third-order valence-electron chi connectivity index (χ3n) is 7.12. The highest BCUT2D eigenvalue weighted by Crippen LogP contribution is 2.27. The van der Waals surface area contributed by atoms with Crippen LogP contribution in [0.3, 0.4) is 0 Å². The zero-order chi connectivity index (χ0) is 21.8. The average molecular weight is 426 g/mol. The first-order valence-corrected chi connectivity index (χ1v) is 12.0. The van der Waals surface area contributed by atoms with Gasteiger partial charge in [0.25, 0.3) is 0 Å². The minimum Gasteiger partial charge on any atom is -0.396 e. The Kier molecular flexibility index (Phi) is 7.43. The molecule has 31 heavy (non-hydrogen) atoms. The first-order chi connectivity index (χ1) is 15.0. The second kappa shape index (κ2) is 10.3. The molecule has 1 aromatic carbocycles. The molecule has 6 nitrogen and oxygen atoms in total. The number of aliphatic hydroxyl groups is 1. The number of aliphatic hydroxyl groups excluding tert-OH is 1. The van der Waals surface area contributed by atoms with Gasteiger partial charge in [-0.3, -0.25) is 14.5 Å². The second-order valence-corrected chi connectivity index (χ2v) is 9.54. The zero-order valence-corrected chi connectivity index (χ0v) is 19.5. The van der Waals surface area contributed by atoms with Gasteiger partial charge in [-0.1, -0.05) is 30.3 Å². The Morgan fingerprint density at radius 2 is 1.81 bits per heavy atom. The lowest BCUT2D eigenvalue weighted by Crippen LogP contribution is -2.58. The van der Waals surface area contributed by atoms with Crippen molar-refractivity contribution in [1.29, 1.82) is 0 Å². The maximum absolute atomic E-state index is 9.75. The number of hydrogen-bond acceptors (Lipinski definition) is 5. The van der Waals surface area contributed by atoms with E-state index >= 15 is 0 Å². The molecule has 2 aliphatic rings. The molecule has 0 bridgehead atoms. The molecule has 0 saturated carbocycles. The fourth-order valence-electron chi connectivity index (χ4n) is 5.43. The minimum atomic E-state index is 0.266. The lowest BCUT2D eigenvalue weighted by molar-refractivity contribution is 0.00000354. The van der Waals surface area contributed by atoms with Crippen LogP contribution in [0.4, 0.5) is 0 Å². The molecule has 1 N–H and O–H groups in total. The largest absolute Gasteiger partial charge is 0.396 e. The number of hydrogen-bond donors (Lipinski definition) is 1. The molecule has 2 saturated heterocycles. The van der Waals surface area contributed by atoms with E-state index in [1.54, 1.807) is 0 Å². The van der Waals surface area contributed by atoms with E-state index in [2.05, 4.69) is 65.1 Å². The smallest absolute Gasteiger partial charge is 0.0968 e. The van der Waals surface area contributed by atoms with Crippen LogP contribution in [0.15, 0.2) is 36.5 Å². The van der Waals surface area contributed by atoms with Gasteiger partial charge in [0, 0.05) is 75.3 Å². The monoisotopic (exact) mass is 425 g/mol. The summed E-state index contributed by atoms with van der Waals surface area (Å²) in [6, 6.07) is 12.2. The van der Waals surface area contributed by atoms with Crippen LogP contribution in [0.25, 0.3) is 11.3 Å². The number of piperazine rings is 1. The van der Waals surface area contributed by atoms with Crippen molar-refractivity contribution in [2.24, 2.45) is 7.05 Å². The van der Waals surface area contributed by atoms with Gasteiger partial charge in [-0.15, -0.1) is 0 Å². The fraction of sp³-hybridized carbons (Fsp3) is 0.640. The van der Waals surface area contributed by atoms with Gasteiger partial charge in [0.15, 0.2) is 0 Å². The van der Waals surface area contributed by atoms with Crippen molar-refractivity contribution in [1.82, 2.24) is 24.5 Å². The van der Waals surface area contributed by atoms with Gasteiger partial charge in [-0.2, -0.15) is 5.10 Å². The molecule has 4 rings (SSSR count). The lowest BCUT2D eigenvalue weighted by atomic mass is 9.97. The minimum absolute atomic E-state index is 0.266. The Balaban J connectivity index is 1.42. The molecule has 170 valence electrons. The Labute approximate surface area is 187 Å². The molecule has 0 radical (unpaired) electrons. The van der Waals surface area contributed by atoms with Crippen LogP contribution in [-0.4, -0.2) is 87.0 Å². The molecule has 1 aromatic heterocycles. The van der Waals surface area contributed by atoms with E-state index in [4.69, 9.17) is 5.10 Å². The molecule has 2 aromatic rings. The number of rotatable bonds is 7. The maximum Gasteiger partial charge on any atom is 0.0968 e. The average Bonchev–Trinajstić information content (AvgIpc) is 3.15. The highest BCUT2D eigenvalue weighted by molar-refractivity contribution is 5.62. The van der Waals surface area contributed by atoms with Gasteiger partial charge in [-0.25, -0.2) is 0 Å². The third kappa shape index (κ3) is 5.37. The molecule has 6 heteroatoms. The predicted molar refractivity (Wildman–Crippen MR) is 126 cm³/mol. The summed E-state index contributed by atoms with van der Waals surface area (Å²) in [5.41, 5.74) is 3.56. The first-order valence-electron chi connectivity index (χ1n) is 12.0. The quantitative estimate of drug-likeness (QED) is 0.739. The summed E-state index contributed by atoms with van der Waals surface area (Å²) in [5, 5.41) is 14.5.